The summed E-state index contributed by atoms with van der Waals surface area (Å²) in [6, 6.07) is 2.08. The highest BCUT2D eigenvalue weighted by Gasteiger charge is 2.01. The molecule has 0 aliphatic heterocycles. The lowest BCUT2D eigenvalue weighted by atomic mass is 10.2. The van der Waals surface area contributed by atoms with Crippen molar-refractivity contribution in [3.63, 3.8) is 0 Å². The number of methoxy groups -OCH3 is 1. The molecule has 6 nitrogen and oxygen atoms in total. The Balaban J connectivity index is 2.61. The van der Waals surface area contributed by atoms with Crippen LogP contribution in [0.25, 0.3) is 5.57 Å². The molecule has 0 aliphatic rings. The van der Waals surface area contributed by atoms with Crippen LogP contribution in [-0.2, 0) is 4.74 Å². The minimum absolute atomic E-state index is 0.113. The summed E-state index contributed by atoms with van der Waals surface area (Å²) in [6.45, 7) is 8.09. The van der Waals surface area contributed by atoms with E-state index in [0.29, 0.717) is 24.4 Å². The summed E-state index contributed by atoms with van der Waals surface area (Å²) in [6.07, 6.45) is 4.58. The molecule has 6 heteroatoms. The van der Waals surface area contributed by atoms with Gasteiger partial charge >= 0.3 is 6.01 Å². The van der Waals surface area contributed by atoms with E-state index in [0.717, 1.165) is 0 Å². The molecule has 98 valence electrons. The van der Waals surface area contributed by atoms with Crippen molar-refractivity contribution >= 4 is 11.8 Å². The fourth-order valence-corrected chi connectivity index (χ4v) is 1.03. The van der Waals surface area contributed by atoms with Crippen LogP contribution in [0.15, 0.2) is 36.2 Å². The number of aliphatic imine (C=N–C) groups is 1. The Bertz CT molecular complexity index is 514. The number of rotatable bonds is 7. The van der Waals surface area contributed by atoms with Crippen molar-refractivity contribution in [1.82, 2.24) is 9.97 Å². The van der Waals surface area contributed by atoms with Crippen molar-refractivity contribution in [2.24, 2.45) is 4.99 Å². The van der Waals surface area contributed by atoms with Gasteiger partial charge in [-0.25, -0.2) is 15.0 Å². The molecule has 0 bridgehead atoms. The van der Waals surface area contributed by atoms with Crippen LogP contribution in [-0.4, -0.2) is 36.5 Å². The van der Waals surface area contributed by atoms with E-state index in [1.165, 1.54) is 6.21 Å². The van der Waals surface area contributed by atoms with Crippen molar-refractivity contribution in [3.05, 3.63) is 36.8 Å². The molecule has 0 aromatic carbocycles. The maximum Gasteiger partial charge on any atom is 0.316 e. The molecular formula is C13H14N4O2. The molecule has 0 unspecified atom stereocenters. The van der Waals surface area contributed by atoms with Crippen molar-refractivity contribution in [3.8, 4) is 12.1 Å². The van der Waals surface area contributed by atoms with Gasteiger partial charge in [-0.15, -0.1) is 0 Å². The molecule has 1 aromatic rings. The average Bonchev–Trinajstić information content (AvgIpc) is 2.45. The van der Waals surface area contributed by atoms with Gasteiger partial charge in [-0.1, -0.05) is 13.2 Å². The molecule has 0 atom stereocenters. The second kappa shape index (κ2) is 7.74. The molecule has 0 amide bonds. The lowest BCUT2D eigenvalue weighted by molar-refractivity contribution is 0.141. The predicted molar refractivity (Wildman–Crippen MR) is 71.7 cm³/mol. The first-order valence-electron chi connectivity index (χ1n) is 5.43. The molecule has 0 fully saturated rings. The molecule has 1 rings (SSSR count). The number of ether oxygens (including phenoxy) is 2. The van der Waals surface area contributed by atoms with Gasteiger partial charge in [0.05, 0.1) is 6.61 Å². The maximum atomic E-state index is 8.51. The largest absolute Gasteiger partial charge is 0.461 e. The Morgan fingerprint density at radius 3 is 2.68 bits per heavy atom. The summed E-state index contributed by atoms with van der Waals surface area (Å²) in [4.78, 5) is 11.9. The van der Waals surface area contributed by atoms with Gasteiger partial charge in [0.2, 0.25) is 0 Å². The lowest BCUT2D eigenvalue weighted by Crippen LogP contribution is -2.06. The van der Waals surface area contributed by atoms with E-state index < -0.39 is 0 Å². The normalized spacial score (nSPS) is 10.1. The van der Waals surface area contributed by atoms with Gasteiger partial charge in [0.15, 0.2) is 0 Å². The van der Waals surface area contributed by atoms with Gasteiger partial charge in [0, 0.05) is 31.3 Å². The highest BCUT2D eigenvalue weighted by molar-refractivity contribution is 6.08. The van der Waals surface area contributed by atoms with Crippen molar-refractivity contribution in [2.75, 3.05) is 20.3 Å². The number of nitrogens with zero attached hydrogens (tertiary/aromatic N) is 4. The number of hydrogen-bond acceptors (Lipinski definition) is 6. The van der Waals surface area contributed by atoms with Crippen LogP contribution in [0, 0.1) is 11.3 Å². The average molecular weight is 258 g/mol. The van der Waals surface area contributed by atoms with Crippen LogP contribution in [0.5, 0.6) is 6.01 Å². The van der Waals surface area contributed by atoms with Crippen molar-refractivity contribution in [1.29, 1.82) is 5.26 Å². The molecule has 0 saturated heterocycles. The zero-order valence-corrected chi connectivity index (χ0v) is 10.7. The summed E-state index contributed by atoms with van der Waals surface area (Å²) >= 11 is 0. The summed E-state index contributed by atoms with van der Waals surface area (Å²) < 4.78 is 10.1. The summed E-state index contributed by atoms with van der Waals surface area (Å²) in [5.74, 6) is 0. The van der Waals surface area contributed by atoms with Crippen LogP contribution < -0.4 is 4.74 Å². The Morgan fingerprint density at radius 1 is 1.42 bits per heavy atom. The zero-order valence-electron chi connectivity index (χ0n) is 10.7. The quantitative estimate of drug-likeness (QED) is 0.422. The van der Waals surface area contributed by atoms with E-state index in [9.17, 15) is 0 Å². The van der Waals surface area contributed by atoms with E-state index in [2.05, 4.69) is 28.1 Å². The Morgan fingerprint density at radius 2 is 2.11 bits per heavy atom. The van der Waals surface area contributed by atoms with Gasteiger partial charge in [-0.2, -0.15) is 5.26 Å². The molecular weight excluding hydrogens is 244 g/mol. The Hall–Kier alpha value is -2.52. The zero-order chi connectivity index (χ0) is 14.1. The van der Waals surface area contributed by atoms with Gasteiger partial charge in [0.25, 0.3) is 0 Å². The first-order valence-corrected chi connectivity index (χ1v) is 5.43. The SMILES string of the molecule is C=C(C#N)N=CC(=C)c1cnc(OCCOC)nc1. The number of aromatic nitrogens is 2. The Labute approximate surface area is 111 Å². The first kappa shape index (κ1) is 14.5. The summed E-state index contributed by atoms with van der Waals surface area (Å²) in [5.41, 5.74) is 1.38. The second-order valence-electron chi connectivity index (χ2n) is 3.44. The fourth-order valence-electron chi connectivity index (χ4n) is 1.03. The molecule has 0 spiro atoms. The van der Waals surface area contributed by atoms with E-state index >= 15 is 0 Å². The second-order valence-corrected chi connectivity index (χ2v) is 3.44. The van der Waals surface area contributed by atoms with E-state index in [1.807, 2.05) is 6.07 Å². The molecule has 0 aliphatic carbocycles. The van der Waals surface area contributed by atoms with Crippen LogP contribution >= 0.6 is 0 Å². The van der Waals surface area contributed by atoms with Crippen LogP contribution in [0.4, 0.5) is 0 Å². The Kier molecular flexibility index (Phi) is 5.92. The molecule has 19 heavy (non-hydrogen) atoms. The standard InChI is InChI=1S/C13H14N4O2/c1-10(7-15-11(2)6-14)12-8-16-13(17-9-12)19-5-4-18-3/h7-9H,1-2,4-5H2,3H3. The number of allylic oxidation sites excluding steroid dienone is 2. The predicted octanol–water partition coefficient (Wildman–Crippen LogP) is 1.62. The minimum atomic E-state index is 0.113. The van der Waals surface area contributed by atoms with E-state index in [-0.39, 0.29) is 11.7 Å². The minimum Gasteiger partial charge on any atom is -0.461 e. The molecule has 0 saturated carbocycles. The molecule has 0 N–H and O–H groups in total. The van der Waals surface area contributed by atoms with Gasteiger partial charge < -0.3 is 9.47 Å². The number of nitriles is 1. The highest BCUT2D eigenvalue weighted by Crippen LogP contribution is 2.10. The molecule has 1 heterocycles. The van der Waals surface area contributed by atoms with Gasteiger partial charge in [-0.3, -0.25) is 0 Å². The lowest BCUT2D eigenvalue weighted by Gasteiger charge is -2.04. The first-order chi connectivity index (χ1) is 9.17. The third-order valence-electron chi connectivity index (χ3n) is 2.02. The maximum absolute atomic E-state index is 8.51. The molecule has 1 aromatic heterocycles. The van der Waals surface area contributed by atoms with Gasteiger partial charge in [0.1, 0.15) is 18.4 Å². The van der Waals surface area contributed by atoms with Crippen molar-refractivity contribution in [2.45, 2.75) is 0 Å². The van der Waals surface area contributed by atoms with Crippen LogP contribution in [0.3, 0.4) is 0 Å². The summed E-state index contributed by atoms with van der Waals surface area (Å²) in [7, 11) is 1.59. The van der Waals surface area contributed by atoms with E-state index in [4.69, 9.17) is 14.7 Å². The van der Waals surface area contributed by atoms with Crippen LogP contribution in [0.2, 0.25) is 0 Å². The van der Waals surface area contributed by atoms with E-state index in [1.54, 1.807) is 19.5 Å². The summed E-state index contributed by atoms with van der Waals surface area (Å²) in [5, 5.41) is 8.51. The smallest absolute Gasteiger partial charge is 0.316 e. The highest BCUT2D eigenvalue weighted by atomic mass is 16.5. The van der Waals surface area contributed by atoms with Crippen molar-refractivity contribution < 1.29 is 9.47 Å². The van der Waals surface area contributed by atoms with Crippen LogP contribution in [0.1, 0.15) is 5.56 Å². The number of hydrogen-bond donors (Lipinski definition) is 0. The third kappa shape index (κ3) is 5.10. The fraction of sp³-hybridized carbons (Fsp3) is 0.231. The molecule has 0 radical (unpaired) electrons. The topological polar surface area (TPSA) is 80.4 Å². The van der Waals surface area contributed by atoms with Gasteiger partial charge in [-0.05, 0) is 5.57 Å². The monoisotopic (exact) mass is 258 g/mol. The third-order valence-corrected chi connectivity index (χ3v) is 2.02.